The molecule has 1 heterocycles. The van der Waals surface area contributed by atoms with Gasteiger partial charge in [0.25, 0.3) is 5.91 Å². The van der Waals surface area contributed by atoms with E-state index < -0.39 is 0 Å². The number of rotatable bonds is 7. The molecule has 0 saturated heterocycles. The van der Waals surface area contributed by atoms with Gasteiger partial charge in [0.1, 0.15) is 18.0 Å². The lowest BCUT2D eigenvalue weighted by molar-refractivity contribution is -0.141. The van der Waals surface area contributed by atoms with Gasteiger partial charge in [-0.3, -0.25) is 9.59 Å². The number of hydrogen-bond donors (Lipinski definition) is 0. The molecule has 0 N–H and O–H groups in total. The highest BCUT2D eigenvalue weighted by Crippen LogP contribution is 2.35. The molecule has 4 rings (SSSR count). The van der Waals surface area contributed by atoms with Crippen molar-refractivity contribution >= 4 is 17.5 Å². The molecule has 0 unspecified atom stereocenters. The largest absolute Gasteiger partial charge is 0.497 e. The third kappa shape index (κ3) is 4.55. The van der Waals surface area contributed by atoms with Crippen molar-refractivity contribution in [1.82, 2.24) is 9.91 Å². The summed E-state index contributed by atoms with van der Waals surface area (Å²) in [6.07, 6.45) is 2.40. The SMILES string of the molecule is COc1ccc([C@@H]2CC(c3cccc(OC)c3)=NN2C(=O)CN(C)C(=O)C2CC2)cc1. The van der Waals surface area contributed by atoms with E-state index in [4.69, 9.17) is 9.47 Å². The Hall–Kier alpha value is -3.35. The van der Waals surface area contributed by atoms with E-state index in [0.29, 0.717) is 6.42 Å². The van der Waals surface area contributed by atoms with Crippen molar-refractivity contribution in [3.8, 4) is 11.5 Å². The van der Waals surface area contributed by atoms with Crippen molar-refractivity contribution in [3.63, 3.8) is 0 Å². The number of ether oxygens (including phenoxy) is 2. The van der Waals surface area contributed by atoms with Gasteiger partial charge in [-0.15, -0.1) is 0 Å². The maximum Gasteiger partial charge on any atom is 0.262 e. The van der Waals surface area contributed by atoms with Gasteiger partial charge >= 0.3 is 0 Å². The van der Waals surface area contributed by atoms with Gasteiger partial charge in [0.05, 0.1) is 26.0 Å². The summed E-state index contributed by atoms with van der Waals surface area (Å²) in [5.41, 5.74) is 2.69. The highest BCUT2D eigenvalue weighted by atomic mass is 16.5. The molecule has 162 valence electrons. The average Bonchev–Trinajstić information content (AvgIpc) is 3.56. The highest BCUT2D eigenvalue weighted by Gasteiger charge is 2.36. The van der Waals surface area contributed by atoms with Gasteiger partial charge in [0.15, 0.2) is 0 Å². The van der Waals surface area contributed by atoms with Crippen LogP contribution in [0.5, 0.6) is 11.5 Å². The van der Waals surface area contributed by atoms with Crippen LogP contribution >= 0.6 is 0 Å². The molecule has 1 saturated carbocycles. The van der Waals surface area contributed by atoms with Crippen LogP contribution in [0.25, 0.3) is 0 Å². The fraction of sp³-hybridized carbons (Fsp3) is 0.375. The Balaban J connectivity index is 1.60. The topological polar surface area (TPSA) is 71.4 Å². The smallest absolute Gasteiger partial charge is 0.262 e. The summed E-state index contributed by atoms with van der Waals surface area (Å²) in [5, 5.41) is 6.20. The Morgan fingerprint density at radius 2 is 1.77 bits per heavy atom. The first kappa shape index (κ1) is 20.9. The van der Waals surface area contributed by atoms with Gasteiger partial charge in [-0.1, -0.05) is 24.3 Å². The highest BCUT2D eigenvalue weighted by molar-refractivity contribution is 6.03. The second kappa shape index (κ2) is 8.79. The van der Waals surface area contributed by atoms with E-state index in [1.807, 2.05) is 48.5 Å². The van der Waals surface area contributed by atoms with Crippen molar-refractivity contribution in [3.05, 3.63) is 59.7 Å². The van der Waals surface area contributed by atoms with Crippen LogP contribution in [-0.4, -0.2) is 55.2 Å². The van der Waals surface area contributed by atoms with Crippen LogP contribution in [0.3, 0.4) is 0 Å². The summed E-state index contributed by atoms with van der Waals surface area (Å²) in [6, 6.07) is 15.1. The number of benzene rings is 2. The van der Waals surface area contributed by atoms with Gasteiger partial charge < -0.3 is 14.4 Å². The number of methoxy groups -OCH3 is 2. The van der Waals surface area contributed by atoms with Crippen molar-refractivity contribution in [2.45, 2.75) is 25.3 Å². The summed E-state index contributed by atoms with van der Waals surface area (Å²) in [7, 11) is 4.93. The molecule has 2 amide bonds. The van der Waals surface area contributed by atoms with Crippen LogP contribution in [0.2, 0.25) is 0 Å². The minimum atomic E-state index is -0.246. The van der Waals surface area contributed by atoms with Crippen LogP contribution in [0, 0.1) is 5.92 Å². The number of carbonyl (C=O) groups is 2. The fourth-order valence-electron chi connectivity index (χ4n) is 3.80. The molecule has 7 nitrogen and oxygen atoms in total. The maximum absolute atomic E-state index is 13.2. The lowest BCUT2D eigenvalue weighted by Crippen LogP contribution is -2.39. The molecule has 0 aromatic heterocycles. The normalized spacial score (nSPS) is 17.8. The van der Waals surface area contributed by atoms with Crippen molar-refractivity contribution in [2.75, 3.05) is 27.8 Å². The second-order valence-electron chi connectivity index (χ2n) is 7.98. The second-order valence-corrected chi connectivity index (χ2v) is 7.98. The molecular formula is C24H27N3O4. The summed E-state index contributed by atoms with van der Waals surface area (Å²) >= 11 is 0. The van der Waals surface area contributed by atoms with E-state index in [1.165, 1.54) is 9.91 Å². The number of hydrogen-bond acceptors (Lipinski definition) is 5. The number of nitrogens with zero attached hydrogens (tertiary/aromatic N) is 3. The Kier molecular flexibility index (Phi) is 5.93. The van der Waals surface area contributed by atoms with Gasteiger partial charge in [0, 0.05) is 24.9 Å². The van der Waals surface area contributed by atoms with Crippen LogP contribution in [0.1, 0.15) is 36.4 Å². The summed E-state index contributed by atoms with van der Waals surface area (Å²) in [6.45, 7) is 0.0108. The molecular weight excluding hydrogens is 394 g/mol. The van der Waals surface area contributed by atoms with Gasteiger partial charge in [-0.2, -0.15) is 5.10 Å². The van der Waals surface area contributed by atoms with E-state index in [-0.39, 0.29) is 30.3 Å². The number of hydrazone groups is 1. The number of carbonyl (C=O) groups excluding carboxylic acids is 2. The van der Waals surface area contributed by atoms with Crippen molar-refractivity contribution in [1.29, 1.82) is 0 Å². The molecule has 31 heavy (non-hydrogen) atoms. The van der Waals surface area contributed by atoms with E-state index in [1.54, 1.807) is 21.3 Å². The summed E-state index contributed by atoms with van der Waals surface area (Å²) < 4.78 is 10.6. The molecule has 1 aliphatic heterocycles. The van der Waals surface area contributed by atoms with Crippen molar-refractivity contribution in [2.24, 2.45) is 11.0 Å². The first-order valence-electron chi connectivity index (χ1n) is 10.4. The minimum Gasteiger partial charge on any atom is -0.497 e. The van der Waals surface area contributed by atoms with Gasteiger partial charge in [0.2, 0.25) is 5.91 Å². The Morgan fingerprint density at radius 1 is 1.06 bits per heavy atom. The average molecular weight is 421 g/mol. The standard InChI is InChI=1S/C24H27N3O4/c1-26(24(29)17-7-8-17)15-23(28)27-22(16-9-11-19(30-2)12-10-16)14-21(25-27)18-5-4-6-20(13-18)31-3/h4-6,9-13,17,22H,7-8,14-15H2,1-3H3/t22-/m0/s1. The molecule has 7 heteroatoms. The van der Waals surface area contributed by atoms with Crippen molar-refractivity contribution < 1.29 is 19.1 Å². The Morgan fingerprint density at radius 3 is 2.42 bits per heavy atom. The molecule has 1 atom stereocenters. The third-order valence-electron chi connectivity index (χ3n) is 5.74. The third-order valence-corrected chi connectivity index (χ3v) is 5.74. The lowest BCUT2D eigenvalue weighted by Gasteiger charge is -2.25. The minimum absolute atomic E-state index is 0.0108. The molecule has 1 aliphatic carbocycles. The maximum atomic E-state index is 13.2. The summed E-state index contributed by atoms with van der Waals surface area (Å²) in [4.78, 5) is 27.0. The lowest BCUT2D eigenvalue weighted by atomic mass is 9.98. The molecule has 1 fully saturated rings. The Bertz CT molecular complexity index is 998. The fourth-order valence-corrected chi connectivity index (χ4v) is 3.80. The van der Waals surface area contributed by atoms with E-state index in [9.17, 15) is 9.59 Å². The molecule has 0 radical (unpaired) electrons. The molecule has 0 bridgehead atoms. The molecule has 2 aromatic rings. The number of amides is 2. The van der Waals surface area contributed by atoms with E-state index in [2.05, 4.69) is 5.10 Å². The zero-order valence-electron chi connectivity index (χ0n) is 18.1. The van der Waals surface area contributed by atoms with E-state index in [0.717, 1.165) is 41.2 Å². The zero-order chi connectivity index (χ0) is 22.0. The Labute approximate surface area is 182 Å². The molecule has 2 aliphatic rings. The van der Waals surface area contributed by atoms with E-state index >= 15 is 0 Å². The van der Waals surface area contributed by atoms with Crippen LogP contribution in [0.4, 0.5) is 0 Å². The van der Waals surface area contributed by atoms with Crippen LogP contribution in [0.15, 0.2) is 53.6 Å². The summed E-state index contributed by atoms with van der Waals surface area (Å²) in [5.74, 6) is 1.40. The molecule has 2 aromatic carbocycles. The predicted molar refractivity (Wildman–Crippen MR) is 117 cm³/mol. The molecule has 0 spiro atoms. The van der Waals surface area contributed by atoms with Crippen LogP contribution < -0.4 is 9.47 Å². The van der Waals surface area contributed by atoms with Gasteiger partial charge in [-0.25, -0.2) is 5.01 Å². The predicted octanol–water partition coefficient (Wildman–Crippen LogP) is 3.25. The first-order chi connectivity index (χ1) is 15.0. The monoisotopic (exact) mass is 421 g/mol. The first-order valence-corrected chi connectivity index (χ1v) is 10.4. The number of likely N-dealkylation sites (N-methyl/N-ethyl adjacent to an activating group) is 1. The van der Waals surface area contributed by atoms with Crippen LogP contribution in [-0.2, 0) is 9.59 Å². The quantitative estimate of drug-likeness (QED) is 0.688. The zero-order valence-corrected chi connectivity index (χ0v) is 18.1. The van der Waals surface area contributed by atoms with Gasteiger partial charge in [-0.05, 0) is 42.7 Å².